The second-order valence-corrected chi connectivity index (χ2v) is 5.21. The maximum absolute atomic E-state index is 5.13. The van der Waals surface area contributed by atoms with Crippen LogP contribution < -0.4 is 5.43 Å². The lowest BCUT2D eigenvalue weighted by atomic mass is 10.4. The Morgan fingerprint density at radius 3 is 3.06 bits per heavy atom. The van der Waals surface area contributed by atoms with Gasteiger partial charge in [-0.3, -0.25) is 5.43 Å². The smallest absolute Gasteiger partial charge is 0.203 e. The van der Waals surface area contributed by atoms with Crippen LogP contribution in [0.25, 0.3) is 10.6 Å². The van der Waals surface area contributed by atoms with E-state index in [0.717, 1.165) is 15.7 Å². The number of thiophene rings is 1. The number of hydrogen-bond acceptors (Lipinski definition) is 6. The number of aromatic nitrogens is 1. The van der Waals surface area contributed by atoms with E-state index >= 15 is 0 Å². The molecule has 0 aromatic carbocycles. The Morgan fingerprint density at radius 1 is 1.28 bits per heavy atom. The predicted molar refractivity (Wildman–Crippen MR) is 75.4 cm³/mol. The first-order chi connectivity index (χ1) is 8.92. The third-order valence-electron chi connectivity index (χ3n) is 2.17. The van der Waals surface area contributed by atoms with Crippen molar-refractivity contribution in [3.8, 4) is 10.6 Å². The molecule has 0 saturated carbocycles. The van der Waals surface area contributed by atoms with Crippen LogP contribution in [0.2, 0.25) is 0 Å². The molecule has 0 spiro atoms. The summed E-state index contributed by atoms with van der Waals surface area (Å²) < 4.78 is 5.13. The summed E-state index contributed by atoms with van der Waals surface area (Å²) >= 11 is 3.20. The van der Waals surface area contributed by atoms with Crippen molar-refractivity contribution in [3.05, 3.63) is 47.0 Å². The summed E-state index contributed by atoms with van der Waals surface area (Å²) in [4.78, 5) is 5.61. The van der Waals surface area contributed by atoms with Gasteiger partial charge < -0.3 is 4.42 Å². The van der Waals surface area contributed by atoms with Crippen molar-refractivity contribution in [2.45, 2.75) is 0 Å². The molecule has 3 rings (SSSR count). The molecule has 3 aromatic rings. The fraction of sp³-hybridized carbons (Fsp3) is 0. The molecule has 3 heterocycles. The normalized spacial score (nSPS) is 11.1. The van der Waals surface area contributed by atoms with E-state index in [1.54, 1.807) is 23.8 Å². The predicted octanol–water partition coefficient (Wildman–Crippen LogP) is 3.91. The zero-order valence-corrected chi connectivity index (χ0v) is 10.9. The summed E-state index contributed by atoms with van der Waals surface area (Å²) in [5.74, 6) is 0.706. The monoisotopic (exact) mass is 275 g/mol. The van der Waals surface area contributed by atoms with Crippen LogP contribution in [0.3, 0.4) is 0 Å². The van der Waals surface area contributed by atoms with E-state index in [4.69, 9.17) is 4.42 Å². The van der Waals surface area contributed by atoms with Gasteiger partial charge in [0, 0.05) is 5.38 Å². The van der Waals surface area contributed by atoms with Crippen LogP contribution in [0.4, 0.5) is 5.13 Å². The summed E-state index contributed by atoms with van der Waals surface area (Å²) in [6.07, 6.45) is 3.23. The quantitative estimate of drug-likeness (QED) is 0.580. The van der Waals surface area contributed by atoms with E-state index in [9.17, 15) is 0 Å². The molecule has 6 heteroatoms. The van der Waals surface area contributed by atoms with Crippen molar-refractivity contribution < 1.29 is 4.42 Å². The van der Waals surface area contributed by atoms with Gasteiger partial charge in [0.25, 0.3) is 0 Å². The van der Waals surface area contributed by atoms with Crippen LogP contribution in [0.1, 0.15) is 5.76 Å². The fourth-order valence-corrected chi connectivity index (χ4v) is 2.80. The van der Waals surface area contributed by atoms with Crippen LogP contribution in [0.15, 0.2) is 50.8 Å². The van der Waals surface area contributed by atoms with Crippen molar-refractivity contribution in [2.75, 3.05) is 5.43 Å². The van der Waals surface area contributed by atoms with Gasteiger partial charge in [-0.15, -0.1) is 22.7 Å². The van der Waals surface area contributed by atoms with Gasteiger partial charge >= 0.3 is 0 Å². The molecule has 0 amide bonds. The highest BCUT2D eigenvalue weighted by Crippen LogP contribution is 2.28. The zero-order valence-electron chi connectivity index (χ0n) is 9.24. The molecule has 0 atom stereocenters. The molecule has 0 aliphatic heterocycles. The molecule has 0 aliphatic rings. The Kier molecular flexibility index (Phi) is 3.20. The van der Waals surface area contributed by atoms with Crippen molar-refractivity contribution in [1.82, 2.24) is 4.98 Å². The van der Waals surface area contributed by atoms with Crippen molar-refractivity contribution in [1.29, 1.82) is 0 Å². The molecule has 0 aliphatic carbocycles. The van der Waals surface area contributed by atoms with Gasteiger partial charge in [-0.2, -0.15) is 5.10 Å². The maximum Gasteiger partial charge on any atom is 0.203 e. The van der Waals surface area contributed by atoms with E-state index in [-0.39, 0.29) is 0 Å². The topological polar surface area (TPSA) is 50.4 Å². The lowest BCUT2D eigenvalue weighted by Gasteiger charge is -1.91. The number of hydrogen-bond donors (Lipinski definition) is 1. The molecule has 0 unspecified atom stereocenters. The van der Waals surface area contributed by atoms with Gasteiger partial charge in [0.15, 0.2) is 0 Å². The molecular formula is C12H9N3OS2. The molecule has 18 heavy (non-hydrogen) atoms. The minimum Gasteiger partial charge on any atom is -0.463 e. The summed E-state index contributed by atoms with van der Waals surface area (Å²) in [5, 5.41) is 8.88. The van der Waals surface area contributed by atoms with E-state index in [1.807, 2.05) is 29.0 Å². The standard InChI is InChI=1S/C12H9N3OS2/c1-3-9(16-5-1)7-13-15-12-14-10(8-18-12)11-4-2-6-17-11/h1-8H,(H,14,15)/b13-7-. The number of furan rings is 1. The number of anilines is 1. The van der Waals surface area contributed by atoms with Crippen LogP contribution in [-0.2, 0) is 0 Å². The summed E-state index contributed by atoms with van der Waals surface area (Å²) in [5.41, 5.74) is 3.86. The van der Waals surface area contributed by atoms with Gasteiger partial charge in [0.1, 0.15) is 5.76 Å². The summed E-state index contributed by atoms with van der Waals surface area (Å²) in [7, 11) is 0. The first-order valence-electron chi connectivity index (χ1n) is 5.24. The number of rotatable bonds is 4. The average Bonchev–Trinajstić information content (AvgIpc) is 3.12. The first-order valence-corrected chi connectivity index (χ1v) is 7.00. The Hall–Kier alpha value is -1.92. The Balaban J connectivity index is 1.67. The van der Waals surface area contributed by atoms with Crippen LogP contribution in [0.5, 0.6) is 0 Å². The third-order valence-corrected chi connectivity index (χ3v) is 3.81. The van der Waals surface area contributed by atoms with E-state index in [2.05, 4.69) is 21.6 Å². The van der Waals surface area contributed by atoms with Crippen molar-refractivity contribution in [2.24, 2.45) is 5.10 Å². The molecule has 0 saturated heterocycles. The van der Waals surface area contributed by atoms with Crippen molar-refractivity contribution in [3.63, 3.8) is 0 Å². The highest BCUT2D eigenvalue weighted by atomic mass is 32.1. The average molecular weight is 275 g/mol. The first kappa shape index (κ1) is 11.2. The largest absolute Gasteiger partial charge is 0.463 e. The van der Waals surface area contributed by atoms with Gasteiger partial charge in [0.2, 0.25) is 5.13 Å². The van der Waals surface area contributed by atoms with Gasteiger partial charge in [-0.05, 0) is 23.6 Å². The molecule has 0 fully saturated rings. The molecular weight excluding hydrogens is 266 g/mol. The minimum atomic E-state index is 0.706. The van der Waals surface area contributed by atoms with E-state index in [0.29, 0.717) is 5.76 Å². The summed E-state index contributed by atoms with van der Waals surface area (Å²) in [6, 6.07) is 7.72. The molecule has 4 nitrogen and oxygen atoms in total. The van der Waals surface area contributed by atoms with Crippen LogP contribution in [0, 0.1) is 0 Å². The lowest BCUT2D eigenvalue weighted by molar-refractivity contribution is 0.560. The Labute approximate surface area is 112 Å². The molecule has 0 radical (unpaired) electrons. The second-order valence-electron chi connectivity index (χ2n) is 3.40. The number of thiazole rings is 1. The van der Waals surface area contributed by atoms with Gasteiger partial charge in [-0.1, -0.05) is 6.07 Å². The van der Waals surface area contributed by atoms with Crippen molar-refractivity contribution >= 4 is 34.0 Å². The molecule has 90 valence electrons. The highest BCUT2D eigenvalue weighted by molar-refractivity contribution is 7.15. The second kappa shape index (κ2) is 5.16. The Bertz CT molecular complexity index is 626. The van der Waals surface area contributed by atoms with E-state index in [1.165, 1.54) is 11.3 Å². The number of nitrogens with one attached hydrogen (secondary N) is 1. The van der Waals surface area contributed by atoms with E-state index < -0.39 is 0 Å². The SMILES string of the molecule is C(=N/Nc1nc(-c2cccs2)cs1)/c1ccco1. The molecule has 1 N–H and O–H groups in total. The highest BCUT2D eigenvalue weighted by Gasteiger charge is 2.04. The fourth-order valence-electron chi connectivity index (χ4n) is 1.38. The van der Waals surface area contributed by atoms with Gasteiger partial charge in [0.05, 0.1) is 23.0 Å². The van der Waals surface area contributed by atoms with Crippen LogP contribution >= 0.6 is 22.7 Å². The Morgan fingerprint density at radius 2 is 2.28 bits per heavy atom. The molecule has 3 aromatic heterocycles. The lowest BCUT2D eigenvalue weighted by Crippen LogP contribution is -1.88. The third kappa shape index (κ3) is 2.49. The zero-order chi connectivity index (χ0) is 12.2. The van der Waals surface area contributed by atoms with Gasteiger partial charge in [-0.25, -0.2) is 4.98 Å². The number of hydrazone groups is 1. The molecule has 0 bridgehead atoms. The minimum absolute atomic E-state index is 0.706. The summed E-state index contributed by atoms with van der Waals surface area (Å²) in [6.45, 7) is 0. The maximum atomic E-state index is 5.13. The number of nitrogens with zero attached hydrogens (tertiary/aromatic N) is 2. The van der Waals surface area contributed by atoms with Crippen LogP contribution in [-0.4, -0.2) is 11.2 Å².